The van der Waals surface area contributed by atoms with Crippen LogP contribution in [0.1, 0.15) is 29.3 Å². The fourth-order valence-electron chi connectivity index (χ4n) is 3.49. The molecule has 4 aromatic rings. The first-order chi connectivity index (χ1) is 14.0. The first-order valence-electron chi connectivity index (χ1n) is 8.88. The largest absolute Gasteiger partial charge is 0.325 e. The average molecular weight is 413 g/mol. The van der Waals surface area contributed by atoms with Crippen LogP contribution in [0.4, 0.5) is 4.39 Å². The Kier molecular flexibility index (Phi) is 4.02. The molecule has 0 aliphatic carbocycles. The van der Waals surface area contributed by atoms with E-state index in [0.29, 0.717) is 41.0 Å². The second kappa shape index (κ2) is 6.59. The van der Waals surface area contributed by atoms with Crippen LogP contribution in [-0.4, -0.2) is 51.7 Å². The van der Waals surface area contributed by atoms with Crippen LogP contribution in [0.3, 0.4) is 0 Å². The molecular formula is C18H14ClFN8O. The molecule has 0 spiro atoms. The average Bonchev–Trinajstić information content (AvgIpc) is 3.33. The minimum absolute atomic E-state index is 0.224. The van der Waals surface area contributed by atoms with Gasteiger partial charge in [0, 0.05) is 37.1 Å². The third-order valence-corrected chi connectivity index (χ3v) is 5.13. The first kappa shape index (κ1) is 17.7. The van der Waals surface area contributed by atoms with Crippen LogP contribution < -0.4 is 0 Å². The van der Waals surface area contributed by atoms with E-state index in [9.17, 15) is 9.18 Å². The molecule has 0 radical (unpaired) electrons. The third-order valence-electron chi connectivity index (χ3n) is 4.93. The van der Waals surface area contributed by atoms with Gasteiger partial charge < -0.3 is 9.47 Å². The molecule has 1 amide bonds. The summed E-state index contributed by atoms with van der Waals surface area (Å²) in [7, 11) is 0. The van der Waals surface area contributed by atoms with Crippen molar-refractivity contribution >= 4 is 23.2 Å². The van der Waals surface area contributed by atoms with Crippen LogP contribution in [0, 0.1) is 5.95 Å². The molecule has 9 nitrogen and oxygen atoms in total. The molecule has 1 aliphatic heterocycles. The van der Waals surface area contributed by atoms with E-state index in [1.54, 1.807) is 23.2 Å². The lowest BCUT2D eigenvalue weighted by atomic mass is 10.1. The van der Waals surface area contributed by atoms with Gasteiger partial charge in [0.25, 0.3) is 5.91 Å². The van der Waals surface area contributed by atoms with Gasteiger partial charge in [-0.1, -0.05) is 11.6 Å². The molecule has 1 atom stereocenters. The van der Waals surface area contributed by atoms with Crippen molar-refractivity contribution < 1.29 is 9.18 Å². The number of amides is 1. The molecule has 29 heavy (non-hydrogen) atoms. The second-order valence-electron chi connectivity index (χ2n) is 6.68. The minimum Gasteiger partial charge on any atom is -0.325 e. The van der Waals surface area contributed by atoms with Crippen molar-refractivity contribution in [2.75, 3.05) is 6.54 Å². The molecular weight excluding hydrogens is 399 g/mol. The van der Waals surface area contributed by atoms with Gasteiger partial charge >= 0.3 is 0 Å². The van der Waals surface area contributed by atoms with Crippen molar-refractivity contribution in [1.29, 1.82) is 0 Å². The van der Waals surface area contributed by atoms with Gasteiger partial charge in [0.05, 0.1) is 17.3 Å². The van der Waals surface area contributed by atoms with E-state index in [1.807, 2.05) is 11.5 Å². The van der Waals surface area contributed by atoms with Gasteiger partial charge in [-0.15, -0.1) is 10.2 Å². The van der Waals surface area contributed by atoms with Gasteiger partial charge in [-0.2, -0.15) is 9.49 Å². The third kappa shape index (κ3) is 2.92. The van der Waals surface area contributed by atoms with Crippen LogP contribution in [0.15, 0.2) is 36.8 Å². The zero-order valence-electron chi connectivity index (χ0n) is 15.2. The number of hydrogen-bond donors (Lipinski definition) is 0. The molecule has 4 aromatic heterocycles. The minimum atomic E-state index is -0.555. The van der Waals surface area contributed by atoms with Gasteiger partial charge in [0.1, 0.15) is 0 Å². The lowest BCUT2D eigenvalue weighted by Crippen LogP contribution is -2.41. The Morgan fingerprint density at radius 3 is 2.86 bits per heavy atom. The number of halogens is 2. The lowest BCUT2D eigenvalue weighted by molar-refractivity contribution is 0.0632. The molecule has 0 bridgehead atoms. The number of nitrogens with zero attached hydrogens (tertiary/aromatic N) is 8. The highest BCUT2D eigenvalue weighted by Crippen LogP contribution is 2.29. The molecule has 146 valence electrons. The first-order valence-corrected chi connectivity index (χ1v) is 9.26. The summed E-state index contributed by atoms with van der Waals surface area (Å²) < 4.78 is 16.5. The summed E-state index contributed by atoms with van der Waals surface area (Å²) >= 11 is 5.94. The molecule has 0 N–H and O–H groups in total. The van der Waals surface area contributed by atoms with Crippen molar-refractivity contribution in [3.63, 3.8) is 0 Å². The van der Waals surface area contributed by atoms with E-state index >= 15 is 0 Å². The van der Waals surface area contributed by atoms with E-state index in [0.717, 1.165) is 0 Å². The van der Waals surface area contributed by atoms with Gasteiger partial charge in [-0.05, 0) is 19.1 Å². The van der Waals surface area contributed by atoms with E-state index < -0.39 is 5.95 Å². The molecule has 0 saturated heterocycles. The molecule has 5 heterocycles. The molecule has 11 heteroatoms. The van der Waals surface area contributed by atoms with Crippen molar-refractivity contribution in [2.24, 2.45) is 0 Å². The summed E-state index contributed by atoms with van der Waals surface area (Å²) in [5, 5.41) is 13.2. The summed E-state index contributed by atoms with van der Waals surface area (Å²) in [6, 6.07) is 4.20. The Labute approximate surface area is 168 Å². The number of carbonyl (C=O) groups excluding carboxylic acids is 1. The van der Waals surface area contributed by atoms with Gasteiger partial charge in [0.2, 0.25) is 5.95 Å². The molecule has 5 rings (SSSR count). The van der Waals surface area contributed by atoms with Crippen molar-refractivity contribution in [3.8, 4) is 11.4 Å². The number of hydrogen-bond acceptors (Lipinski definition) is 6. The monoisotopic (exact) mass is 412 g/mol. The molecule has 1 aliphatic rings. The zero-order valence-corrected chi connectivity index (χ0v) is 16.0. The Morgan fingerprint density at radius 2 is 2.07 bits per heavy atom. The molecule has 0 aromatic carbocycles. The van der Waals surface area contributed by atoms with Gasteiger partial charge in [-0.25, -0.2) is 14.5 Å². The van der Waals surface area contributed by atoms with Crippen LogP contribution in [-0.2, 0) is 6.54 Å². The van der Waals surface area contributed by atoms with Gasteiger partial charge in [0.15, 0.2) is 23.0 Å². The highest BCUT2D eigenvalue weighted by molar-refractivity contribution is 6.30. The number of pyridine rings is 1. The maximum atomic E-state index is 13.1. The number of rotatable bonds is 2. The Hall–Kier alpha value is -3.40. The van der Waals surface area contributed by atoms with Gasteiger partial charge in [-0.3, -0.25) is 4.79 Å². The van der Waals surface area contributed by atoms with Crippen molar-refractivity contribution in [3.05, 3.63) is 59.3 Å². The van der Waals surface area contributed by atoms with E-state index in [1.165, 1.54) is 23.0 Å². The SMILES string of the molecule is CC1c2nnc(-c3ccc(F)nc3)n2CCN1C(=O)c1cc2ncc(Cl)cn2n1. The fourth-order valence-corrected chi connectivity index (χ4v) is 3.63. The second-order valence-corrected chi connectivity index (χ2v) is 7.12. The Bertz CT molecular complexity index is 1230. The summed E-state index contributed by atoms with van der Waals surface area (Å²) in [6.07, 6.45) is 4.52. The lowest BCUT2D eigenvalue weighted by Gasteiger charge is -2.33. The fraction of sp³-hybridized carbons (Fsp3) is 0.222. The highest BCUT2D eigenvalue weighted by atomic mass is 35.5. The van der Waals surface area contributed by atoms with Crippen LogP contribution in [0.25, 0.3) is 17.0 Å². The predicted molar refractivity (Wildman–Crippen MR) is 101 cm³/mol. The summed E-state index contributed by atoms with van der Waals surface area (Å²) in [5.41, 5.74) is 1.49. The number of aromatic nitrogens is 7. The number of carbonyl (C=O) groups is 1. The number of fused-ring (bicyclic) bond motifs is 2. The maximum Gasteiger partial charge on any atom is 0.275 e. The van der Waals surface area contributed by atoms with E-state index in [2.05, 4.69) is 25.3 Å². The van der Waals surface area contributed by atoms with Crippen LogP contribution in [0.2, 0.25) is 5.02 Å². The highest BCUT2D eigenvalue weighted by Gasteiger charge is 2.33. The van der Waals surface area contributed by atoms with E-state index in [4.69, 9.17) is 11.6 Å². The topological polar surface area (TPSA) is 94.1 Å². The van der Waals surface area contributed by atoms with Crippen molar-refractivity contribution in [2.45, 2.75) is 19.5 Å². The Morgan fingerprint density at radius 1 is 1.21 bits per heavy atom. The normalized spacial score (nSPS) is 16.2. The quantitative estimate of drug-likeness (QED) is 0.469. The van der Waals surface area contributed by atoms with Crippen LogP contribution in [0.5, 0.6) is 0 Å². The van der Waals surface area contributed by atoms with Crippen LogP contribution >= 0.6 is 11.6 Å². The van der Waals surface area contributed by atoms with Crippen molar-refractivity contribution in [1.82, 2.24) is 39.2 Å². The van der Waals surface area contributed by atoms with E-state index in [-0.39, 0.29) is 17.6 Å². The standard InChI is InChI=1S/C18H14ClFN8O/c1-10-16-23-24-17(11-2-3-14(20)21-7-11)27(16)5-4-26(10)18(29)13-6-15-22-8-12(19)9-28(15)25-13/h2-3,6-10H,4-5H2,1H3. The molecule has 0 saturated carbocycles. The smallest absolute Gasteiger partial charge is 0.275 e. The maximum absolute atomic E-state index is 13.1. The zero-order chi connectivity index (χ0) is 20.1. The molecule has 0 fully saturated rings. The molecule has 1 unspecified atom stereocenters. The summed E-state index contributed by atoms with van der Waals surface area (Å²) in [5.74, 6) is 0.464. The predicted octanol–water partition coefficient (Wildman–Crippen LogP) is 2.39. The summed E-state index contributed by atoms with van der Waals surface area (Å²) in [6.45, 7) is 2.84. The summed E-state index contributed by atoms with van der Waals surface area (Å²) in [4.78, 5) is 22.6. The Balaban J connectivity index is 1.45.